The molecule has 22 heavy (non-hydrogen) atoms. The molecule has 0 aliphatic rings. The SMILES string of the molecule is COc1ccccc1OC(=O)C(C)Oc1ccc(Cl)cc1Br. The van der Waals surface area contributed by atoms with Crippen LogP contribution >= 0.6 is 27.5 Å². The quantitative estimate of drug-likeness (QED) is 0.562. The predicted octanol–water partition coefficient (Wildman–Crippen LogP) is 4.48. The molecule has 2 aromatic rings. The molecular formula is C16H14BrClO4. The van der Waals surface area contributed by atoms with Crippen molar-refractivity contribution in [2.24, 2.45) is 0 Å². The Labute approximate surface area is 142 Å². The van der Waals surface area contributed by atoms with Crippen molar-refractivity contribution in [1.29, 1.82) is 0 Å². The summed E-state index contributed by atoms with van der Waals surface area (Å²) in [5, 5.41) is 0.573. The van der Waals surface area contributed by atoms with Gasteiger partial charge in [0.1, 0.15) is 5.75 Å². The van der Waals surface area contributed by atoms with E-state index < -0.39 is 12.1 Å². The lowest BCUT2D eigenvalue weighted by Gasteiger charge is -2.16. The Morgan fingerprint density at radius 3 is 2.45 bits per heavy atom. The van der Waals surface area contributed by atoms with Gasteiger partial charge in [-0.25, -0.2) is 4.79 Å². The number of para-hydroxylation sites is 2. The zero-order valence-corrected chi connectivity index (χ0v) is 14.3. The van der Waals surface area contributed by atoms with E-state index in [-0.39, 0.29) is 0 Å². The standard InChI is InChI=1S/C16H14BrClO4/c1-10(21-13-8-7-11(18)9-12(13)17)16(19)22-15-6-4-3-5-14(15)20-2/h3-10H,1-2H3. The van der Waals surface area contributed by atoms with Crippen molar-refractivity contribution in [3.05, 3.63) is 52.0 Å². The van der Waals surface area contributed by atoms with Crippen LogP contribution in [0.25, 0.3) is 0 Å². The number of hydrogen-bond donors (Lipinski definition) is 0. The fraction of sp³-hybridized carbons (Fsp3) is 0.188. The molecule has 0 radical (unpaired) electrons. The van der Waals surface area contributed by atoms with Crippen LogP contribution < -0.4 is 14.2 Å². The Kier molecular flexibility index (Phi) is 5.69. The van der Waals surface area contributed by atoms with Gasteiger partial charge < -0.3 is 14.2 Å². The minimum absolute atomic E-state index is 0.348. The Balaban J connectivity index is 2.06. The molecule has 0 saturated heterocycles. The maximum atomic E-state index is 12.1. The van der Waals surface area contributed by atoms with Gasteiger partial charge in [0, 0.05) is 5.02 Å². The van der Waals surface area contributed by atoms with Crippen LogP contribution in [0.2, 0.25) is 5.02 Å². The molecule has 1 unspecified atom stereocenters. The summed E-state index contributed by atoms with van der Waals surface area (Å²) in [7, 11) is 1.51. The number of carbonyl (C=O) groups excluding carboxylic acids is 1. The summed E-state index contributed by atoms with van der Waals surface area (Å²) in [6, 6.07) is 12.0. The highest BCUT2D eigenvalue weighted by molar-refractivity contribution is 9.10. The largest absolute Gasteiger partial charge is 0.493 e. The number of hydrogen-bond acceptors (Lipinski definition) is 4. The van der Waals surface area contributed by atoms with Crippen LogP contribution in [0.1, 0.15) is 6.92 Å². The molecule has 0 saturated carbocycles. The third kappa shape index (κ3) is 4.15. The number of benzene rings is 2. The maximum Gasteiger partial charge on any atom is 0.352 e. The predicted molar refractivity (Wildman–Crippen MR) is 87.9 cm³/mol. The first-order valence-corrected chi connectivity index (χ1v) is 7.64. The minimum Gasteiger partial charge on any atom is -0.493 e. The third-order valence-electron chi connectivity index (χ3n) is 2.81. The molecule has 0 heterocycles. The lowest BCUT2D eigenvalue weighted by Crippen LogP contribution is -2.28. The first-order chi connectivity index (χ1) is 10.5. The molecule has 0 aromatic heterocycles. The van der Waals surface area contributed by atoms with Crippen LogP contribution in [0.3, 0.4) is 0 Å². The molecule has 0 amide bonds. The number of rotatable bonds is 5. The van der Waals surface area contributed by atoms with E-state index in [0.29, 0.717) is 26.7 Å². The van der Waals surface area contributed by atoms with E-state index in [0.717, 1.165) is 0 Å². The Hall–Kier alpha value is -1.72. The smallest absolute Gasteiger partial charge is 0.352 e. The van der Waals surface area contributed by atoms with Crippen LogP contribution in [0.5, 0.6) is 17.2 Å². The molecule has 2 aromatic carbocycles. The van der Waals surface area contributed by atoms with Gasteiger partial charge in [-0.1, -0.05) is 23.7 Å². The summed E-state index contributed by atoms with van der Waals surface area (Å²) < 4.78 is 16.7. The van der Waals surface area contributed by atoms with E-state index in [1.54, 1.807) is 49.4 Å². The van der Waals surface area contributed by atoms with Crippen LogP contribution in [-0.4, -0.2) is 19.2 Å². The highest BCUT2D eigenvalue weighted by atomic mass is 79.9. The number of carbonyl (C=O) groups is 1. The van der Waals surface area contributed by atoms with Gasteiger partial charge in [0.25, 0.3) is 0 Å². The van der Waals surface area contributed by atoms with E-state index in [9.17, 15) is 4.79 Å². The highest BCUT2D eigenvalue weighted by Crippen LogP contribution is 2.30. The first kappa shape index (κ1) is 16.6. The molecule has 0 aliphatic carbocycles. The van der Waals surface area contributed by atoms with Crippen molar-refractivity contribution in [2.45, 2.75) is 13.0 Å². The maximum absolute atomic E-state index is 12.1. The van der Waals surface area contributed by atoms with E-state index >= 15 is 0 Å². The van der Waals surface area contributed by atoms with Crippen molar-refractivity contribution < 1.29 is 19.0 Å². The molecule has 0 fully saturated rings. The minimum atomic E-state index is -0.789. The van der Waals surface area contributed by atoms with E-state index in [1.807, 2.05) is 0 Å². The summed E-state index contributed by atoms with van der Waals surface area (Å²) in [4.78, 5) is 12.1. The van der Waals surface area contributed by atoms with Crippen LogP contribution in [0.15, 0.2) is 46.9 Å². The van der Waals surface area contributed by atoms with Gasteiger partial charge in [-0.15, -0.1) is 0 Å². The fourth-order valence-corrected chi connectivity index (χ4v) is 2.48. The monoisotopic (exact) mass is 384 g/mol. The normalized spacial score (nSPS) is 11.6. The van der Waals surface area contributed by atoms with Gasteiger partial charge in [-0.3, -0.25) is 0 Å². The topological polar surface area (TPSA) is 44.8 Å². The second-order valence-corrected chi connectivity index (χ2v) is 5.70. The van der Waals surface area contributed by atoms with Crippen molar-refractivity contribution in [3.63, 3.8) is 0 Å². The molecule has 2 rings (SSSR count). The Morgan fingerprint density at radius 2 is 1.82 bits per heavy atom. The molecular weight excluding hydrogens is 372 g/mol. The second kappa shape index (κ2) is 7.51. The van der Waals surface area contributed by atoms with Crippen LogP contribution in [0.4, 0.5) is 0 Å². The van der Waals surface area contributed by atoms with E-state index in [1.165, 1.54) is 7.11 Å². The van der Waals surface area contributed by atoms with Crippen molar-refractivity contribution in [2.75, 3.05) is 7.11 Å². The average molecular weight is 386 g/mol. The molecule has 0 aliphatic heterocycles. The van der Waals surface area contributed by atoms with Crippen LogP contribution in [0, 0.1) is 0 Å². The molecule has 6 heteroatoms. The third-order valence-corrected chi connectivity index (χ3v) is 3.66. The lowest BCUT2D eigenvalue weighted by molar-refractivity contribution is -0.141. The molecule has 116 valence electrons. The molecule has 4 nitrogen and oxygen atoms in total. The lowest BCUT2D eigenvalue weighted by atomic mass is 10.3. The van der Waals surface area contributed by atoms with Gasteiger partial charge in [0.15, 0.2) is 17.6 Å². The zero-order valence-electron chi connectivity index (χ0n) is 12.0. The Bertz CT molecular complexity index is 675. The number of esters is 1. The molecule has 1 atom stereocenters. The fourth-order valence-electron chi connectivity index (χ4n) is 1.70. The Morgan fingerprint density at radius 1 is 1.14 bits per heavy atom. The van der Waals surface area contributed by atoms with E-state index in [4.69, 9.17) is 25.8 Å². The van der Waals surface area contributed by atoms with Gasteiger partial charge in [-0.2, -0.15) is 0 Å². The summed E-state index contributed by atoms with van der Waals surface area (Å²) >= 11 is 9.20. The van der Waals surface area contributed by atoms with Gasteiger partial charge in [0.2, 0.25) is 0 Å². The van der Waals surface area contributed by atoms with E-state index in [2.05, 4.69) is 15.9 Å². The van der Waals surface area contributed by atoms with Crippen LogP contribution in [-0.2, 0) is 4.79 Å². The number of halogens is 2. The summed E-state index contributed by atoms with van der Waals surface area (Å²) in [6.07, 6.45) is -0.789. The second-order valence-electron chi connectivity index (χ2n) is 4.41. The summed E-state index contributed by atoms with van der Waals surface area (Å²) in [5.74, 6) is 0.816. The summed E-state index contributed by atoms with van der Waals surface area (Å²) in [6.45, 7) is 1.61. The van der Waals surface area contributed by atoms with Gasteiger partial charge in [0.05, 0.1) is 11.6 Å². The molecule has 0 spiro atoms. The number of methoxy groups -OCH3 is 1. The van der Waals surface area contributed by atoms with Gasteiger partial charge >= 0.3 is 5.97 Å². The summed E-state index contributed by atoms with van der Waals surface area (Å²) in [5.41, 5.74) is 0. The molecule has 0 bridgehead atoms. The van der Waals surface area contributed by atoms with Gasteiger partial charge in [-0.05, 0) is 53.2 Å². The van der Waals surface area contributed by atoms with Crippen molar-refractivity contribution in [1.82, 2.24) is 0 Å². The van der Waals surface area contributed by atoms with Crippen molar-refractivity contribution >= 4 is 33.5 Å². The average Bonchev–Trinajstić information content (AvgIpc) is 2.50. The first-order valence-electron chi connectivity index (χ1n) is 6.47. The zero-order chi connectivity index (χ0) is 16.1. The highest BCUT2D eigenvalue weighted by Gasteiger charge is 2.20. The number of ether oxygens (including phenoxy) is 3. The molecule has 0 N–H and O–H groups in total. The van der Waals surface area contributed by atoms with Crippen molar-refractivity contribution in [3.8, 4) is 17.2 Å².